The summed E-state index contributed by atoms with van der Waals surface area (Å²) < 4.78 is 18.9. The number of ether oxygens (including phenoxy) is 1. The predicted molar refractivity (Wildman–Crippen MR) is 66.4 cm³/mol. The van der Waals surface area contributed by atoms with Crippen LogP contribution in [0.1, 0.15) is 10.4 Å². The normalized spacial score (nSPS) is 19.6. The summed E-state index contributed by atoms with van der Waals surface area (Å²) in [4.78, 5) is 11.7. The van der Waals surface area contributed by atoms with E-state index < -0.39 is 11.7 Å². The number of hydrogen-bond acceptors (Lipinski definition) is 3. The molecule has 2 rings (SSSR count). The second-order valence-electron chi connectivity index (χ2n) is 4.03. The first-order valence-corrected chi connectivity index (χ1v) is 6.10. The molecular weight excluding hydrogens is 259 g/mol. The maximum atomic E-state index is 13.5. The zero-order valence-corrected chi connectivity index (χ0v) is 10.5. The van der Waals surface area contributed by atoms with Gasteiger partial charge in [0.15, 0.2) is 0 Å². The number of hydrogen-bond donors (Lipinski definition) is 2. The highest BCUT2D eigenvalue weighted by Crippen LogP contribution is 2.14. The fourth-order valence-corrected chi connectivity index (χ4v) is 1.88. The summed E-state index contributed by atoms with van der Waals surface area (Å²) in [6, 6.07) is 3.97. The van der Waals surface area contributed by atoms with E-state index in [-0.39, 0.29) is 16.7 Å². The van der Waals surface area contributed by atoms with Crippen LogP contribution in [0.25, 0.3) is 0 Å². The van der Waals surface area contributed by atoms with Crippen molar-refractivity contribution in [1.29, 1.82) is 0 Å². The highest BCUT2D eigenvalue weighted by molar-refractivity contribution is 6.30. The maximum Gasteiger partial charge on any atom is 0.254 e. The number of amides is 1. The topological polar surface area (TPSA) is 50.4 Å². The Bertz CT molecular complexity index is 436. The van der Waals surface area contributed by atoms with Crippen LogP contribution in [0.3, 0.4) is 0 Å². The van der Waals surface area contributed by atoms with Gasteiger partial charge in [-0.25, -0.2) is 4.39 Å². The molecule has 0 bridgehead atoms. The number of benzene rings is 1. The summed E-state index contributed by atoms with van der Waals surface area (Å²) in [6.07, 6.45) is -0.0712. The van der Waals surface area contributed by atoms with Gasteiger partial charge in [-0.15, -0.1) is 0 Å². The van der Waals surface area contributed by atoms with Crippen LogP contribution < -0.4 is 10.6 Å². The number of nitrogens with one attached hydrogen (secondary N) is 2. The van der Waals surface area contributed by atoms with Gasteiger partial charge in [-0.2, -0.15) is 0 Å². The average Bonchev–Trinajstić information content (AvgIpc) is 2.37. The Balaban J connectivity index is 1.90. The Morgan fingerprint density at radius 2 is 2.44 bits per heavy atom. The largest absolute Gasteiger partial charge is 0.374 e. The first kappa shape index (κ1) is 13.3. The molecule has 4 nitrogen and oxygen atoms in total. The molecule has 1 unspecified atom stereocenters. The Morgan fingerprint density at radius 3 is 3.11 bits per heavy atom. The van der Waals surface area contributed by atoms with Gasteiger partial charge in [-0.3, -0.25) is 4.79 Å². The standard InChI is InChI=1S/C12H14ClFN2O2/c13-8-1-2-10(11(14)5-8)12(17)16-7-9-6-15-3-4-18-9/h1-2,5,9,15H,3-4,6-7H2,(H,16,17). The highest BCUT2D eigenvalue weighted by atomic mass is 35.5. The van der Waals surface area contributed by atoms with Crippen molar-refractivity contribution in [1.82, 2.24) is 10.6 Å². The van der Waals surface area contributed by atoms with Crippen LogP contribution in [-0.4, -0.2) is 38.3 Å². The lowest BCUT2D eigenvalue weighted by Gasteiger charge is -2.23. The van der Waals surface area contributed by atoms with Crippen LogP contribution in [0.5, 0.6) is 0 Å². The van der Waals surface area contributed by atoms with Gasteiger partial charge in [-0.05, 0) is 18.2 Å². The van der Waals surface area contributed by atoms with E-state index in [1.165, 1.54) is 12.1 Å². The molecule has 1 saturated heterocycles. The van der Waals surface area contributed by atoms with E-state index in [4.69, 9.17) is 16.3 Å². The Hall–Kier alpha value is -1.17. The lowest BCUT2D eigenvalue weighted by atomic mass is 10.2. The lowest BCUT2D eigenvalue weighted by Crippen LogP contribution is -2.45. The van der Waals surface area contributed by atoms with Crippen molar-refractivity contribution in [3.63, 3.8) is 0 Å². The molecule has 2 N–H and O–H groups in total. The fourth-order valence-electron chi connectivity index (χ4n) is 1.73. The molecule has 1 heterocycles. The maximum absolute atomic E-state index is 13.5. The summed E-state index contributed by atoms with van der Waals surface area (Å²) in [5.41, 5.74) is -0.0110. The van der Waals surface area contributed by atoms with Gasteiger partial charge >= 0.3 is 0 Å². The fraction of sp³-hybridized carbons (Fsp3) is 0.417. The van der Waals surface area contributed by atoms with Gasteiger partial charge in [0, 0.05) is 24.7 Å². The average molecular weight is 273 g/mol. The molecule has 1 aromatic carbocycles. The molecule has 0 aromatic heterocycles. The molecule has 98 valence electrons. The molecule has 1 atom stereocenters. The van der Waals surface area contributed by atoms with Crippen LogP contribution in [0.4, 0.5) is 4.39 Å². The van der Waals surface area contributed by atoms with Crippen molar-refractivity contribution in [2.45, 2.75) is 6.10 Å². The van der Waals surface area contributed by atoms with E-state index in [1.807, 2.05) is 0 Å². The first-order valence-electron chi connectivity index (χ1n) is 5.72. The summed E-state index contributed by atoms with van der Waals surface area (Å²) in [7, 11) is 0. The molecule has 0 radical (unpaired) electrons. The summed E-state index contributed by atoms with van der Waals surface area (Å²) in [5, 5.41) is 6.06. The zero-order chi connectivity index (χ0) is 13.0. The van der Waals surface area contributed by atoms with Crippen LogP contribution in [0.15, 0.2) is 18.2 Å². The quantitative estimate of drug-likeness (QED) is 0.869. The SMILES string of the molecule is O=C(NCC1CNCCO1)c1ccc(Cl)cc1F. The van der Waals surface area contributed by atoms with Gasteiger partial charge in [0.2, 0.25) is 0 Å². The van der Waals surface area contributed by atoms with E-state index >= 15 is 0 Å². The van der Waals surface area contributed by atoms with Gasteiger partial charge < -0.3 is 15.4 Å². The van der Waals surface area contributed by atoms with Crippen molar-refractivity contribution < 1.29 is 13.9 Å². The summed E-state index contributed by atoms with van der Waals surface area (Å²) in [6.45, 7) is 2.48. The number of morpholine rings is 1. The van der Waals surface area contributed by atoms with Crippen LogP contribution in [0.2, 0.25) is 5.02 Å². The van der Waals surface area contributed by atoms with Crippen molar-refractivity contribution in [3.8, 4) is 0 Å². The lowest BCUT2D eigenvalue weighted by molar-refractivity contribution is 0.0287. The predicted octanol–water partition coefficient (Wildman–Crippen LogP) is 1.20. The molecule has 1 aromatic rings. The molecule has 6 heteroatoms. The minimum absolute atomic E-state index is 0.0110. The van der Waals surface area contributed by atoms with Gasteiger partial charge in [-0.1, -0.05) is 11.6 Å². The Morgan fingerprint density at radius 1 is 1.61 bits per heavy atom. The third-order valence-electron chi connectivity index (χ3n) is 2.67. The minimum atomic E-state index is -0.623. The molecule has 1 fully saturated rings. The number of rotatable bonds is 3. The Labute approximate surface area is 109 Å². The molecule has 1 aliphatic rings. The monoisotopic (exact) mass is 272 g/mol. The third-order valence-corrected chi connectivity index (χ3v) is 2.91. The Kier molecular flexibility index (Phi) is 4.52. The van der Waals surface area contributed by atoms with Crippen LogP contribution in [0, 0.1) is 5.82 Å². The van der Waals surface area contributed by atoms with E-state index in [2.05, 4.69) is 10.6 Å². The van der Waals surface area contributed by atoms with E-state index in [1.54, 1.807) is 0 Å². The van der Waals surface area contributed by atoms with Crippen LogP contribution >= 0.6 is 11.6 Å². The second kappa shape index (κ2) is 6.13. The van der Waals surface area contributed by atoms with E-state index in [9.17, 15) is 9.18 Å². The van der Waals surface area contributed by atoms with Crippen molar-refractivity contribution >= 4 is 17.5 Å². The van der Waals surface area contributed by atoms with Gasteiger partial charge in [0.05, 0.1) is 18.3 Å². The van der Waals surface area contributed by atoms with Gasteiger partial charge in [0.1, 0.15) is 5.82 Å². The van der Waals surface area contributed by atoms with Crippen molar-refractivity contribution in [2.75, 3.05) is 26.2 Å². The molecule has 0 spiro atoms. The molecule has 1 amide bonds. The first-order chi connectivity index (χ1) is 8.66. The number of halogens is 2. The second-order valence-corrected chi connectivity index (χ2v) is 4.47. The van der Waals surface area contributed by atoms with Crippen LogP contribution in [-0.2, 0) is 4.74 Å². The molecule has 18 heavy (non-hydrogen) atoms. The smallest absolute Gasteiger partial charge is 0.254 e. The third kappa shape index (κ3) is 3.41. The summed E-state index contributed by atoms with van der Waals surface area (Å²) >= 11 is 5.62. The van der Waals surface area contributed by atoms with E-state index in [0.717, 1.165) is 12.6 Å². The minimum Gasteiger partial charge on any atom is -0.374 e. The zero-order valence-electron chi connectivity index (χ0n) is 9.71. The number of carbonyl (C=O) groups excluding carboxylic acids is 1. The van der Waals surface area contributed by atoms with E-state index in [0.29, 0.717) is 19.7 Å². The number of carbonyl (C=O) groups is 1. The molecule has 0 aliphatic carbocycles. The highest BCUT2D eigenvalue weighted by Gasteiger charge is 2.16. The van der Waals surface area contributed by atoms with Crippen molar-refractivity contribution in [3.05, 3.63) is 34.6 Å². The summed E-state index contributed by atoms with van der Waals surface area (Å²) in [5.74, 6) is -1.08. The van der Waals surface area contributed by atoms with Crippen molar-refractivity contribution in [2.24, 2.45) is 0 Å². The van der Waals surface area contributed by atoms with Gasteiger partial charge in [0.25, 0.3) is 5.91 Å². The molecular formula is C12H14ClFN2O2. The molecule has 1 aliphatic heterocycles. The molecule has 0 saturated carbocycles.